The fourth-order valence-electron chi connectivity index (χ4n) is 3.55. The highest BCUT2D eigenvalue weighted by Gasteiger charge is 2.20. The molecule has 1 fully saturated rings. The van der Waals surface area contributed by atoms with Gasteiger partial charge in [-0.25, -0.2) is 9.97 Å². The van der Waals surface area contributed by atoms with Gasteiger partial charge < -0.3 is 4.90 Å². The molecule has 4 rings (SSSR count). The first kappa shape index (κ1) is 15.3. The molecule has 0 bridgehead atoms. The van der Waals surface area contributed by atoms with Gasteiger partial charge in [-0.3, -0.25) is 9.69 Å². The molecule has 3 heterocycles. The van der Waals surface area contributed by atoms with Crippen molar-refractivity contribution in [3.05, 3.63) is 59.2 Å². The molecule has 0 aliphatic carbocycles. The SMILES string of the molecule is O=C(c1ccc(CN2CCc3cncnc3C2)cc1)N1CCCC1. The summed E-state index contributed by atoms with van der Waals surface area (Å²) in [5.41, 5.74) is 4.44. The Morgan fingerprint density at radius 2 is 1.88 bits per heavy atom. The van der Waals surface area contributed by atoms with Gasteiger partial charge in [-0.15, -0.1) is 0 Å². The summed E-state index contributed by atoms with van der Waals surface area (Å²) in [6.07, 6.45) is 6.81. The zero-order chi connectivity index (χ0) is 16.4. The van der Waals surface area contributed by atoms with Gasteiger partial charge in [0, 0.05) is 44.5 Å². The standard InChI is InChI=1S/C19H22N4O/c24-19(23-8-1-2-9-23)16-5-3-15(4-6-16)12-22-10-7-17-11-20-14-21-18(17)13-22/h3-6,11,14H,1-2,7-10,12-13H2. The fourth-order valence-corrected chi connectivity index (χ4v) is 3.55. The highest BCUT2D eigenvalue weighted by molar-refractivity contribution is 5.94. The Labute approximate surface area is 142 Å². The van der Waals surface area contributed by atoms with E-state index in [0.29, 0.717) is 0 Å². The second-order valence-electron chi connectivity index (χ2n) is 6.65. The topological polar surface area (TPSA) is 49.3 Å². The van der Waals surface area contributed by atoms with Crippen LogP contribution in [0.3, 0.4) is 0 Å². The molecule has 5 nitrogen and oxygen atoms in total. The van der Waals surface area contributed by atoms with Crippen LogP contribution in [0.5, 0.6) is 0 Å². The summed E-state index contributed by atoms with van der Waals surface area (Å²) in [6.45, 7) is 4.58. The largest absolute Gasteiger partial charge is 0.339 e. The average molecular weight is 322 g/mol. The van der Waals surface area contributed by atoms with Crippen LogP contribution in [0, 0.1) is 0 Å². The highest BCUT2D eigenvalue weighted by Crippen LogP contribution is 2.19. The van der Waals surface area contributed by atoms with Crippen LogP contribution >= 0.6 is 0 Å². The summed E-state index contributed by atoms with van der Waals surface area (Å²) in [4.78, 5) is 25.2. The normalized spacial score (nSPS) is 17.8. The summed E-state index contributed by atoms with van der Waals surface area (Å²) >= 11 is 0. The number of hydrogen-bond acceptors (Lipinski definition) is 4. The van der Waals surface area contributed by atoms with Crippen LogP contribution in [-0.4, -0.2) is 45.3 Å². The number of amides is 1. The predicted octanol–water partition coefficient (Wildman–Crippen LogP) is 2.27. The van der Waals surface area contributed by atoms with Gasteiger partial charge in [-0.05, 0) is 42.5 Å². The van der Waals surface area contributed by atoms with E-state index < -0.39 is 0 Å². The van der Waals surface area contributed by atoms with Gasteiger partial charge in [0.1, 0.15) is 6.33 Å². The van der Waals surface area contributed by atoms with Gasteiger partial charge in [0.05, 0.1) is 5.69 Å². The maximum Gasteiger partial charge on any atom is 0.253 e. The first-order valence-electron chi connectivity index (χ1n) is 8.68. The van der Waals surface area contributed by atoms with E-state index in [0.717, 1.165) is 63.2 Å². The van der Waals surface area contributed by atoms with Crippen molar-refractivity contribution in [1.82, 2.24) is 19.8 Å². The number of hydrogen-bond donors (Lipinski definition) is 0. The molecule has 5 heteroatoms. The molecule has 1 saturated heterocycles. The summed E-state index contributed by atoms with van der Waals surface area (Å²) in [6, 6.07) is 8.10. The fraction of sp³-hybridized carbons (Fsp3) is 0.421. The van der Waals surface area contributed by atoms with Crippen molar-refractivity contribution in [1.29, 1.82) is 0 Å². The zero-order valence-electron chi connectivity index (χ0n) is 13.8. The molecular weight excluding hydrogens is 300 g/mol. The molecular formula is C19H22N4O. The van der Waals surface area contributed by atoms with Gasteiger partial charge >= 0.3 is 0 Å². The Balaban J connectivity index is 1.40. The lowest BCUT2D eigenvalue weighted by Crippen LogP contribution is -2.31. The van der Waals surface area contributed by atoms with Crippen molar-refractivity contribution in [3.8, 4) is 0 Å². The molecule has 2 aromatic rings. The van der Waals surface area contributed by atoms with Crippen LogP contribution in [0.4, 0.5) is 0 Å². The predicted molar refractivity (Wildman–Crippen MR) is 91.4 cm³/mol. The van der Waals surface area contributed by atoms with Crippen LogP contribution in [-0.2, 0) is 19.5 Å². The molecule has 124 valence electrons. The van der Waals surface area contributed by atoms with E-state index in [9.17, 15) is 4.79 Å². The monoisotopic (exact) mass is 322 g/mol. The van der Waals surface area contributed by atoms with Crippen molar-refractivity contribution < 1.29 is 4.79 Å². The number of aromatic nitrogens is 2. The van der Waals surface area contributed by atoms with Gasteiger partial charge in [-0.2, -0.15) is 0 Å². The van der Waals surface area contributed by atoms with E-state index in [-0.39, 0.29) is 5.91 Å². The van der Waals surface area contributed by atoms with Gasteiger partial charge in [0.25, 0.3) is 5.91 Å². The minimum absolute atomic E-state index is 0.169. The molecule has 2 aliphatic rings. The first-order valence-corrected chi connectivity index (χ1v) is 8.68. The molecule has 2 aliphatic heterocycles. The second-order valence-corrected chi connectivity index (χ2v) is 6.65. The highest BCUT2D eigenvalue weighted by atomic mass is 16.2. The smallest absolute Gasteiger partial charge is 0.253 e. The van der Waals surface area contributed by atoms with E-state index in [1.807, 2.05) is 23.2 Å². The molecule has 1 aromatic carbocycles. The van der Waals surface area contributed by atoms with Crippen molar-refractivity contribution in [2.75, 3.05) is 19.6 Å². The van der Waals surface area contributed by atoms with E-state index >= 15 is 0 Å². The molecule has 0 unspecified atom stereocenters. The lowest BCUT2D eigenvalue weighted by molar-refractivity contribution is 0.0793. The Bertz CT molecular complexity index is 722. The van der Waals surface area contributed by atoms with Crippen molar-refractivity contribution in [2.45, 2.75) is 32.4 Å². The number of nitrogens with zero attached hydrogens (tertiary/aromatic N) is 4. The number of fused-ring (bicyclic) bond motifs is 1. The average Bonchev–Trinajstić information content (AvgIpc) is 3.16. The summed E-state index contributed by atoms with van der Waals surface area (Å²) in [5, 5.41) is 0. The Hall–Kier alpha value is -2.27. The lowest BCUT2D eigenvalue weighted by atomic mass is 10.1. The van der Waals surface area contributed by atoms with Gasteiger partial charge in [0.2, 0.25) is 0 Å². The Kier molecular flexibility index (Phi) is 4.26. The van der Waals surface area contributed by atoms with Crippen LogP contribution in [0.15, 0.2) is 36.8 Å². The molecule has 0 atom stereocenters. The van der Waals surface area contributed by atoms with Crippen LogP contribution in [0.1, 0.15) is 40.0 Å². The first-order chi connectivity index (χ1) is 11.8. The summed E-state index contributed by atoms with van der Waals surface area (Å²) in [7, 11) is 0. The van der Waals surface area contributed by atoms with Crippen molar-refractivity contribution in [2.24, 2.45) is 0 Å². The number of carbonyl (C=O) groups is 1. The number of rotatable bonds is 3. The molecule has 0 saturated carbocycles. The summed E-state index contributed by atoms with van der Waals surface area (Å²) in [5.74, 6) is 0.169. The van der Waals surface area contributed by atoms with Crippen LogP contribution in [0.2, 0.25) is 0 Å². The quantitative estimate of drug-likeness (QED) is 0.870. The molecule has 0 spiro atoms. The number of carbonyl (C=O) groups excluding carboxylic acids is 1. The van der Waals surface area contributed by atoms with Gasteiger partial charge in [-0.1, -0.05) is 12.1 Å². The van der Waals surface area contributed by atoms with E-state index in [2.05, 4.69) is 27.0 Å². The molecule has 1 aromatic heterocycles. The minimum Gasteiger partial charge on any atom is -0.339 e. The van der Waals surface area contributed by atoms with E-state index in [1.165, 1.54) is 11.1 Å². The van der Waals surface area contributed by atoms with Crippen molar-refractivity contribution in [3.63, 3.8) is 0 Å². The third-order valence-electron chi connectivity index (χ3n) is 4.95. The second kappa shape index (κ2) is 6.69. The maximum atomic E-state index is 12.4. The Morgan fingerprint density at radius 1 is 1.08 bits per heavy atom. The minimum atomic E-state index is 0.169. The molecule has 1 amide bonds. The number of benzene rings is 1. The zero-order valence-corrected chi connectivity index (χ0v) is 13.8. The summed E-state index contributed by atoms with van der Waals surface area (Å²) < 4.78 is 0. The van der Waals surface area contributed by atoms with Crippen LogP contribution < -0.4 is 0 Å². The number of likely N-dealkylation sites (tertiary alicyclic amines) is 1. The maximum absolute atomic E-state index is 12.4. The third kappa shape index (κ3) is 3.17. The van der Waals surface area contributed by atoms with Crippen molar-refractivity contribution >= 4 is 5.91 Å². The van der Waals surface area contributed by atoms with E-state index in [1.54, 1.807) is 6.33 Å². The molecule has 0 radical (unpaired) electrons. The lowest BCUT2D eigenvalue weighted by Gasteiger charge is -2.27. The van der Waals surface area contributed by atoms with E-state index in [4.69, 9.17) is 0 Å². The Morgan fingerprint density at radius 3 is 2.67 bits per heavy atom. The third-order valence-corrected chi connectivity index (χ3v) is 4.95. The van der Waals surface area contributed by atoms with Gasteiger partial charge in [0.15, 0.2) is 0 Å². The molecule has 0 N–H and O–H groups in total. The van der Waals surface area contributed by atoms with Crippen LogP contribution in [0.25, 0.3) is 0 Å². The molecule has 24 heavy (non-hydrogen) atoms.